The van der Waals surface area contributed by atoms with E-state index in [4.69, 9.17) is 17.3 Å². The summed E-state index contributed by atoms with van der Waals surface area (Å²) in [5.41, 5.74) is 9.41. The Morgan fingerprint density at radius 1 is 1.05 bits per heavy atom. The second kappa shape index (κ2) is 6.78. The van der Waals surface area contributed by atoms with Gasteiger partial charge in [-0.05, 0) is 35.2 Å². The molecule has 0 radical (unpaired) electrons. The zero-order valence-electron chi connectivity index (χ0n) is 11.9. The van der Waals surface area contributed by atoms with Crippen LogP contribution in [-0.4, -0.2) is 6.54 Å². The molecular weight excluding hydrogens is 268 g/mol. The van der Waals surface area contributed by atoms with E-state index in [1.54, 1.807) is 0 Å². The highest BCUT2D eigenvalue weighted by molar-refractivity contribution is 6.30. The molecule has 2 nitrogen and oxygen atoms in total. The zero-order valence-corrected chi connectivity index (χ0v) is 12.7. The molecule has 0 saturated heterocycles. The molecule has 0 aliphatic heterocycles. The van der Waals surface area contributed by atoms with E-state index in [9.17, 15) is 0 Å². The summed E-state index contributed by atoms with van der Waals surface area (Å²) in [5, 5.41) is 4.15. The second-order valence-corrected chi connectivity index (χ2v) is 5.70. The van der Waals surface area contributed by atoms with Gasteiger partial charge in [0, 0.05) is 17.3 Å². The van der Waals surface area contributed by atoms with Gasteiger partial charge in [-0.3, -0.25) is 0 Å². The Bertz CT molecular complexity index is 549. The Kier molecular flexibility index (Phi) is 5.05. The molecule has 0 amide bonds. The Morgan fingerprint density at radius 3 is 2.25 bits per heavy atom. The number of nitrogens with one attached hydrogen (secondary N) is 1. The minimum Gasteiger partial charge on any atom is -0.377 e. The molecule has 0 aliphatic rings. The van der Waals surface area contributed by atoms with Crippen LogP contribution in [0.3, 0.4) is 0 Å². The predicted molar refractivity (Wildman–Crippen MR) is 87.4 cm³/mol. The van der Waals surface area contributed by atoms with Crippen LogP contribution in [0.4, 0.5) is 5.69 Å². The highest BCUT2D eigenvalue weighted by atomic mass is 35.5. The average molecular weight is 289 g/mol. The Hall–Kier alpha value is -1.51. The molecule has 0 spiro atoms. The number of rotatable bonds is 5. The molecule has 0 bridgehead atoms. The number of benzene rings is 2. The normalized spacial score (nSPS) is 12.4. The Labute approximate surface area is 126 Å². The SMILES string of the molecule is CC(C)c1ccc(C(CN)Nc2cccc(Cl)c2)cc1. The molecule has 106 valence electrons. The van der Waals surface area contributed by atoms with Crippen LogP contribution in [0.5, 0.6) is 0 Å². The molecule has 1 atom stereocenters. The van der Waals surface area contributed by atoms with Crippen LogP contribution >= 0.6 is 11.6 Å². The maximum atomic E-state index is 6.00. The van der Waals surface area contributed by atoms with Crippen LogP contribution in [-0.2, 0) is 0 Å². The standard InChI is InChI=1S/C17H21ClN2/c1-12(2)13-6-8-14(9-7-13)17(11-19)20-16-5-3-4-15(18)10-16/h3-10,12,17,20H,11,19H2,1-2H3. The molecule has 1 unspecified atom stereocenters. The van der Waals surface area contributed by atoms with Crippen LogP contribution in [0, 0.1) is 0 Å². The monoisotopic (exact) mass is 288 g/mol. The molecule has 3 N–H and O–H groups in total. The average Bonchev–Trinajstić information content (AvgIpc) is 2.45. The van der Waals surface area contributed by atoms with E-state index in [0.717, 1.165) is 10.7 Å². The molecule has 0 heterocycles. The van der Waals surface area contributed by atoms with Crippen molar-refractivity contribution < 1.29 is 0 Å². The molecule has 3 heteroatoms. The van der Waals surface area contributed by atoms with E-state index in [-0.39, 0.29) is 6.04 Å². The quantitative estimate of drug-likeness (QED) is 0.845. The summed E-state index contributed by atoms with van der Waals surface area (Å²) in [6.45, 7) is 4.92. The van der Waals surface area contributed by atoms with E-state index in [1.807, 2.05) is 24.3 Å². The summed E-state index contributed by atoms with van der Waals surface area (Å²) in [6.07, 6.45) is 0. The van der Waals surface area contributed by atoms with Gasteiger partial charge in [-0.25, -0.2) is 0 Å². The Morgan fingerprint density at radius 2 is 1.70 bits per heavy atom. The van der Waals surface area contributed by atoms with Crippen LogP contribution < -0.4 is 11.1 Å². The number of hydrogen-bond donors (Lipinski definition) is 2. The van der Waals surface area contributed by atoms with Gasteiger partial charge in [0.15, 0.2) is 0 Å². The first-order valence-electron chi connectivity index (χ1n) is 6.92. The number of nitrogens with two attached hydrogens (primary N) is 1. The third kappa shape index (κ3) is 3.75. The van der Waals surface area contributed by atoms with E-state index in [0.29, 0.717) is 12.5 Å². The lowest BCUT2D eigenvalue weighted by atomic mass is 9.99. The summed E-state index contributed by atoms with van der Waals surface area (Å²) >= 11 is 6.00. The van der Waals surface area contributed by atoms with Crippen molar-refractivity contribution in [1.82, 2.24) is 0 Å². The third-order valence-electron chi connectivity index (χ3n) is 3.41. The fourth-order valence-electron chi connectivity index (χ4n) is 2.17. The topological polar surface area (TPSA) is 38.0 Å². The summed E-state index contributed by atoms with van der Waals surface area (Å²) in [5.74, 6) is 0.543. The van der Waals surface area contributed by atoms with E-state index in [1.165, 1.54) is 11.1 Å². The molecule has 2 rings (SSSR count). The van der Waals surface area contributed by atoms with Crippen molar-refractivity contribution >= 4 is 17.3 Å². The van der Waals surface area contributed by atoms with E-state index < -0.39 is 0 Å². The Balaban J connectivity index is 2.15. The van der Waals surface area contributed by atoms with Gasteiger partial charge in [0.1, 0.15) is 0 Å². The highest BCUT2D eigenvalue weighted by Crippen LogP contribution is 2.23. The van der Waals surface area contributed by atoms with E-state index in [2.05, 4.69) is 43.4 Å². The van der Waals surface area contributed by atoms with Gasteiger partial charge in [0.05, 0.1) is 6.04 Å². The molecule has 2 aromatic rings. The number of hydrogen-bond acceptors (Lipinski definition) is 2. The van der Waals surface area contributed by atoms with Crippen molar-refractivity contribution in [3.05, 3.63) is 64.7 Å². The summed E-state index contributed by atoms with van der Waals surface area (Å²) in [6, 6.07) is 16.4. The third-order valence-corrected chi connectivity index (χ3v) is 3.64. The first-order valence-corrected chi connectivity index (χ1v) is 7.30. The summed E-state index contributed by atoms with van der Waals surface area (Å²) < 4.78 is 0. The van der Waals surface area contributed by atoms with Gasteiger partial charge in [0.25, 0.3) is 0 Å². The van der Waals surface area contributed by atoms with Gasteiger partial charge in [-0.1, -0.05) is 55.8 Å². The minimum absolute atomic E-state index is 0.0923. The molecular formula is C17H21ClN2. The molecule has 20 heavy (non-hydrogen) atoms. The van der Waals surface area contributed by atoms with Crippen LogP contribution in [0.2, 0.25) is 5.02 Å². The highest BCUT2D eigenvalue weighted by Gasteiger charge is 2.10. The largest absolute Gasteiger partial charge is 0.377 e. The second-order valence-electron chi connectivity index (χ2n) is 5.26. The van der Waals surface area contributed by atoms with Gasteiger partial charge in [-0.15, -0.1) is 0 Å². The van der Waals surface area contributed by atoms with Crippen LogP contribution in [0.1, 0.15) is 36.9 Å². The smallest absolute Gasteiger partial charge is 0.0636 e. The van der Waals surface area contributed by atoms with Crippen molar-refractivity contribution in [1.29, 1.82) is 0 Å². The van der Waals surface area contributed by atoms with Crippen LogP contribution in [0.25, 0.3) is 0 Å². The van der Waals surface area contributed by atoms with Crippen molar-refractivity contribution in [2.75, 3.05) is 11.9 Å². The molecule has 2 aromatic carbocycles. The van der Waals surface area contributed by atoms with Crippen molar-refractivity contribution in [3.63, 3.8) is 0 Å². The lowest BCUT2D eigenvalue weighted by Crippen LogP contribution is -2.20. The van der Waals surface area contributed by atoms with Gasteiger partial charge in [-0.2, -0.15) is 0 Å². The van der Waals surface area contributed by atoms with Crippen molar-refractivity contribution in [3.8, 4) is 0 Å². The molecule has 0 fully saturated rings. The van der Waals surface area contributed by atoms with Gasteiger partial charge >= 0.3 is 0 Å². The minimum atomic E-state index is 0.0923. The summed E-state index contributed by atoms with van der Waals surface area (Å²) in [4.78, 5) is 0. The lowest BCUT2D eigenvalue weighted by molar-refractivity contribution is 0.786. The molecule has 0 saturated carbocycles. The fraction of sp³-hybridized carbons (Fsp3) is 0.294. The maximum absolute atomic E-state index is 6.00. The number of halogens is 1. The zero-order chi connectivity index (χ0) is 14.5. The lowest BCUT2D eigenvalue weighted by Gasteiger charge is -2.19. The first kappa shape index (κ1) is 14.9. The van der Waals surface area contributed by atoms with Crippen molar-refractivity contribution in [2.24, 2.45) is 5.73 Å². The fourth-order valence-corrected chi connectivity index (χ4v) is 2.36. The van der Waals surface area contributed by atoms with Gasteiger partial charge < -0.3 is 11.1 Å². The maximum Gasteiger partial charge on any atom is 0.0636 e. The molecule has 0 aromatic heterocycles. The van der Waals surface area contributed by atoms with Crippen molar-refractivity contribution in [2.45, 2.75) is 25.8 Å². The predicted octanol–water partition coefficient (Wildman–Crippen LogP) is 4.58. The van der Waals surface area contributed by atoms with Gasteiger partial charge in [0.2, 0.25) is 0 Å². The molecule has 0 aliphatic carbocycles. The first-order chi connectivity index (χ1) is 9.60. The van der Waals surface area contributed by atoms with E-state index >= 15 is 0 Å². The summed E-state index contributed by atoms with van der Waals surface area (Å²) in [7, 11) is 0. The van der Waals surface area contributed by atoms with Crippen LogP contribution in [0.15, 0.2) is 48.5 Å². The number of anilines is 1.